The van der Waals surface area contributed by atoms with Crippen molar-refractivity contribution in [2.24, 2.45) is 11.8 Å². The molecular formula is C11H14N2O3. The van der Waals surface area contributed by atoms with Crippen LogP contribution in [0.3, 0.4) is 0 Å². The van der Waals surface area contributed by atoms with Gasteiger partial charge in [0.2, 0.25) is 5.91 Å². The largest absolute Gasteiger partial charge is 0.481 e. The van der Waals surface area contributed by atoms with Crippen LogP contribution in [0.25, 0.3) is 0 Å². The highest BCUT2D eigenvalue weighted by Gasteiger charge is 2.48. The van der Waals surface area contributed by atoms with Crippen LogP contribution in [0.4, 0.5) is 0 Å². The van der Waals surface area contributed by atoms with Gasteiger partial charge in [0.05, 0.1) is 11.8 Å². The van der Waals surface area contributed by atoms with Crippen LogP contribution in [0.5, 0.6) is 0 Å². The van der Waals surface area contributed by atoms with E-state index in [1.54, 1.807) is 0 Å². The normalized spacial score (nSPS) is 22.8. The second kappa shape index (κ2) is 4.38. The molecule has 0 aromatic carbocycles. The van der Waals surface area contributed by atoms with Crippen molar-refractivity contribution in [3.63, 3.8) is 0 Å². The molecule has 0 saturated heterocycles. The number of aromatic nitrogens is 1. The summed E-state index contributed by atoms with van der Waals surface area (Å²) in [7, 11) is 0. The molecule has 3 N–H and O–H groups in total. The zero-order chi connectivity index (χ0) is 11.5. The third kappa shape index (κ3) is 2.42. The first-order valence-corrected chi connectivity index (χ1v) is 5.31. The Morgan fingerprint density at radius 3 is 2.88 bits per heavy atom. The third-order valence-electron chi connectivity index (χ3n) is 2.80. The van der Waals surface area contributed by atoms with Crippen molar-refractivity contribution < 1.29 is 14.7 Å². The molecular weight excluding hydrogens is 208 g/mol. The Labute approximate surface area is 92.9 Å². The van der Waals surface area contributed by atoms with Crippen molar-refractivity contribution >= 4 is 11.9 Å². The monoisotopic (exact) mass is 222 g/mol. The molecule has 1 aliphatic rings. The fourth-order valence-electron chi connectivity index (χ4n) is 1.73. The number of amides is 1. The Kier molecular flexibility index (Phi) is 2.94. The maximum atomic E-state index is 11.5. The molecule has 1 fully saturated rings. The van der Waals surface area contributed by atoms with Crippen LogP contribution in [0, 0.1) is 11.8 Å². The van der Waals surface area contributed by atoms with Gasteiger partial charge in [-0.1, -0.05) is 0 Å². The lowest BCUT2D eigenvalue weighted by atomic mass is 10.3. The number of H-pyrrole nitrogens is 1. The van der Waals surface area contributed by atoms with Gasteiger partial charge in [0.15, 0.2) is 0 Å². The van der Waals surface area contributed by atoms with Crippen LogP contribution in [0.2, 0.25) is 0 Å². The number of rotatable bonds is 5. The Balaban J connectivity index is 1.68. The molecule has 1 amide bonds. The fourth-order valence-corrected chi connectivity index (χ4v) is 1.73. The van der Waals surface area contributed by atoms with E-state index in [1.165, 1.54) is 0 Å². The van der Waals surface area contributed by atoms with Crippen LogP contribution in [-0.4, -0.2) is 28.5 Å². The molecule has 16 heavy (non-hydrogen) atoms. The van der Waals surface area contributed by atoms with Crippen molar-refractivity contribution in [2.45, 2.75) is 12.8 Å². The van der Waals surface area contributed by atoms with Crippen LogP contribution >= 0.6 is 0 Å². The van der Waals surface area contributed by atoms with Crippen molar-refractivity contribution in [2.75, 3.05) is 6.54 Å². The molecule has 5 nitrogen and oxygen atoms in total. The maximum Gasteiger partial charge on any atom is 0.307 e. The van der Waals surface area contributed by atoms with Crippen molar-refractivity contribution in [3.05, 3.63) is 24.0 Å². The van der Waals surface area contributed by atoms with Crippen LogP contribution < -0.4 is 5.32 Å². The molecule has 2 unspecified atom stereocenters. The predicted octanol–water partition coefficient (Wildman–Crippen LogP) is 0.394. The van der Waals surface area contributed by atoms with Crippen molar-refractivity contribution in [1.82, 2.24) is 10.3 Å². The molecule has 86 valence electrons. The Morgan fingerprint density at radius 2 is 2.31 bits per heavy atom. The number of nitrogens with one attached hydrogen (secondary N) is 2. The van der Waals surface area contributed by atoms with Gasteiger partial charge in [-0.15, -0.1) is 0 Å². The summed E-state index contributed by atoms with van der Waals surface area (Å²) >= 11 is 0. The summed E-state index contributed by atoms with van der Waals surface area (Å²) in [5.74, 6) is -1.80. The topological polar surface area (TPSA) is 82.2 Å². The van der Waals surface area contributed by atoms with Gasteiger partial charge in [-0.25, -0.2) is 0 Å². The lowest BCUT2D eigenvalue weighted by Crippen LogP contribution is -2.28. The second-order valence-corrected chi connectivity index (χ2v) is 4.02. The van der Waals surface area contributed by atoms with Crippen molar-refractivity contribution in [1.29, 1.82) is 0 Å². The summed E-state index contributed by atoms with van der Waals surface area (Å²) < 4.78 is 0. The first kappa shape index (κ1) is 10.7. The SMILES string of the molecule is O=C(O)C1CC1C(=O)NCCc1ccc[nH]1. The molecule has 5 heteroatoms. The van der Waals surface area contributed by atoms with Gasteiger partial charge in [-0.05, 0) is 18.6 Å². The highest BCUT2D eigenvalue weighted by Crippen LogP contribution is 2.38. The predicted molar refractivity (Wildman–Crippen MR) is 56.7 cm³/mol. The summed E-state index contributed by atoms with van der Waals surface area (Å²) in [5, 5.41) is 11.4. The van der Waals surface area contributed by atoms with Gasteiger partial charge >= 0.3 is 5.97 Å². The van der Waals surface area contributed by atoms with E-state index in [0.29, 0.717) is 13.0 Å². The second-order valence-electron chi connectivity index (χ2n) is 4.02. The Hall–Kier alpha value is -1.78. The average molecular weight is 222 g/mol. The number of aromatic amines is 1. The first-order valence-electron chi connectivity index (χ1n) is 5.31. The van der Waals surface area contributed by atoms with E-state index < -0.39 is 11.9 Å². The summed E-state index contributed by atoms with van der Waals surface area (Å²) in [6.45, 7) is 0.544. The molecule has 1 aromatic heterocycles. The van der Waals surface area contributed by atoms with E-state index in [2.05, 4.69) is 10.3 Å². The van der Waals surface area contributed by atoms with E-state index in [0.717, 1.165) is 12.1 Å². The van der Waals surface area contributed by atoms with Gasteiger partial charge in [-0.2, -0.15) is 0 Å². The van der Waals surface area contributed by atoms with Gasteiger partial charge in [0, 0.05) is 24.9 Å². The fraction of sp³-hybridized carbons (Fsp3) is 0.455. The van der Waals surface area contributed by atoms with Gasteiger partial charge < -0.3 is 15.4 Å². The van der Waals surface area contributed by atoms with Crippen LogP contribution in [-0.2, 0) is 16.0 Å². The summed E-state index contributed by atoms with van der Waals surface area (Å²) in [5.41, 5.74) is 1.06. The standard InChI is InChI=1S/C11H14N2O3/c14-10(8-6-9(8)11(15)16)13-5-3-7-2-1-4-12-7/h1-2,4,8-9,12H,3,5-6H2,(H,13,14)(H,15,16). The molecule has 1 aliphatic carbocycles. The molecule has 1 saturated carbocycles. The van der Waals surface area contributed by atoms with Gasteiger partial charge in [0.1, 0.15) is 0 Å². The lowest BCUT2D eigenvalue weighted by molar-refractivity contribution is -0.140. The molecule has 2 rings (SSSR count). The molecule has 0 spiro atoms. The van der Waals surface area contributed by atoms with Gasteiger partial charge in [0.25, 0.3) is 0 Å². The quantitative estimate of drug-likeness (QED) is 0.674. The zero-order valence-electron chi connectivity index (χ0n) is 8.77. The van der Waals surface area contributed by atoms with Crippen molar-refractivity contribution in [3.8, 4) is 0 Å². The van der Waals surface area contributed by atoms with E-state index in [9.17, 15) is 9.59 Å². The van der Waals surface area contributed by atoms with E-state index in [4.69, 9.17) is 5.11 Å². The van der Waals surface area contributed by atoms with E-state index in [1.807, 2.05) is 18.3 Å². The lowest BCUT2D eigenvalue weighted by Gasteiger charge is -2.02. The van der Waals surface area contributed by atoms with Gasteiger partial charge in [-0.3, -0.25) is 9.59 Å². The third-order valence-corrected chi connectivity index (χ3v) is 2.80. The molecule has 1 heterocycles. The van der Waals surface area contributed by atoms with E-state index >= 15 is 0 Å². The minimum absolute atomic E-state index is 0.140. The molecule has 1 aromatic rings. The molecule has 2 atom stereocenters. The minimum Gasteiger partial charge on any atom is -0.481 e. The molecule has 0 bridgehead atoms. The highest BCUT2D eigenvalue weighted by atomic mass is 16.4. The summed E-state index contributed by atoms with van der Waals surface area (Å²) in [6, 6.07) is 3.85. The number of carbonyl (C=O) groups excluding carboxylic acids is 1. The maximum absolute atomic E-state index is 11.5. The number of carbonyl (C=O) groups is 2. The number of carboxylic acid groups (broad SMARTS) is 1. The number of hydrogen-bond acceptors (Lipinski definition) is 2. The molecule has 0 radical (unpaired) electrons. The number of aliphatic carboxylic acids is 1. The summed E-state index contributed by atoms with van der Waals surface area (Å²) in [4.78, 5) is 25.1. The number of hydrogen-bond donors (Lipinski definition) is 3. The minimum atomic E-state index is -0.871. The Morgan fingerprint density at radius 1 is 1.50 bits per heavy atom. The highest BCUT2D eigenvalue weighted by molar-refractivity contribution is 5.89. The van der Waals surface area contributed by atoms with E-state index in [-0.39, 0.29) is 11.8 Å². The number of carboxylic acids is 1. The zero-order valence-corrected chi connectivity index (χ0v) is 8.77. The molecule has 0 aliphatic heterocycles. The summed E-state index contributed by atoms with van der Waals surface area (Å²) in [6.07, 6.45) is 3.05. The average Bonchev–Trinajstić information content (AvgIpc) is 2.90. The van der Waals surface area contributed by atoms with Crippen LogP contribution in [0.15, 0.2) is 18.3 Å². The van der Waals surface area contributed by atoms with Crippen LogP contribution in [0.1, 0.15) is 12.1 Å². The Bertz CT molecular complexity index is 386. The first-order chi connectivity index (χ1) is 7.68. The smallest absolute Gasteiger partial charge is 0.307 e.